The van der Waals surface area contributed by atoms with Gasteiger partial charge in [0.2, 0.25) is 0 Å². The Morgan fingerprint density at radius 3 is 2.50 bits per heavy atom. The number of amides is 2. The highest BCUT2D eigenvalue weighted by Crippen LogP contribution is 2.15. The van der Waals surface area contributed by atoms with Gasteiger partial charge in [-0.2, -0.15) is 0 Å². The van der Waals surface area contributed by atoms with Gasteiger partial charge in [-0.1, -0.05) is 6.07 Å². The second-order valence-corrected chi connectivity index (χ2v) is 7.15. The van der Waals surface area contributed by atoms with Crippen molar-refractivity contribution in [2.45, 2.75) is 39.8 Å². The molecule has 0 radical (unpaired) electrons. The summed E-state index contributed by atoms with van der Waals surface area (Å²) in [6, 6.07) is 3.86. The first-order chi connectivity index (χ1) is 12.5. The molecule has 1 fully saturated rings. The second-order valence-electron chi connectivity index (χ2n) is 7.15. The summed E-state index contributed by atoms with van der Waals surface area (Å²) in [6.07, 6.45) is 1.83. The predicted octanol–water partition coefficient (Wildman–Crippen LogP) is 1.84. The lowest BCUT2D eigenvalue weighted by molar-refractivity contribution is -0.00874. The topological polar surface area (TPSA) is 69.7 Å². The van der Waals surface area contributed by atoms with Gasteiger partial charge in [0.05, 0.1) is 13.2 Å². The van der Waals surface area contributed by atoms with Crippen molar-refractivity contribution in [3.63, 3.8) is 0 Å². The molecule has 0 bridgehead atoms. The standard InChI is InChI=1S/C19H33N5O2/c1-5-23(6-2)17-8-7-16(13-20-17)14-21-18(25)22-15-19(3,4)24-9-11-26-12-10-24/h7-8,13H,5-6,9-12,14-15H2,1-4H3,(H2,21,22,25). The van der Waals surface area contributed by atoms with E-state index in [0.717, 1.165) is 50.8 Å². The number of nitrogens with zero attached hydrogens (tertiary/aromatic N) is 3. The fraction of sp³-hybridized carbons (Fsp3) is 0.684. The van der Waals surface area contributed by atoms with Crippen molar-refractivity contribution in [3.05, 3.63) is 23.9 Å². The van der Waals surface area contributed by atoms with Gasteiger partial charge in [0.15, 0.2) is 0 Å². The summed E-state index contributed by atoms with van der Waals surface area (Å²) in [4.78, 5) is 21.1. The molecular weight excluding hydrogens is 330 g/mol. The Kier molecular flexibility index (Phi) is 7.66. The van der Waals surface area contributed by atoms with E-state index in [4.69, 9.17) is 4.74 Å². The number of carbonyl (C=O) groups is 1. The number of morpholine rings is 1. The largest absolute Gasteiger partial charge is 0.379 e. The molecule has 0 aromatic carbocycles. The molecule has 0 saturated carbocycles. The normalized spacial score (nSPS) is 15.5. The fourth-order valence-corrected chi connectivity index (χ4v) is 3.08. The molecule has 1 saturated heterocycles. The molecule has 0 aliphatic carbocycles. The third kappa shape index (κ3) is 5.85. The minimum Gasteiger partial charge on any atom is -0.379 e. The maximum absolute atomic E-state index is 12.1. The van der Waals surface area contributed by atoms with Gasteiger partial charge >= 0.3 is 6.03 Å². The van der Waals surface area contributed by atoms with Gasteiger partial charge in [-0.05, 0) is 39.3 Å². The van der Waals surface area contributed by atoms with Crippen LogP contribution in [0.15, 0.2) is 18.3 Å². The van der Waals surface area contributed by atoms with Crippen LogP contribution < -0.4 is 15.5 Å². The summed E-state index contributed by atoms with van der Waals surface area (Å²) in [7, 11) is 0. The molecule has 0 atom stereocenters. The molecule has 2 rings (SSSR count). The lowest BCUT2D eigenvalue weighted by atomic mass is 10.0. The Hall–Kier alpha value is -1.86. The first-order valence-corrected chi connectivity index (χ1v) is 9.50. The molecule has 1 aromatic heterocycles. The van der Waals surface area contributed by atoms with Crippen molar-refractivity contribution >= 4 is 11.8 Å². The zero-order valence-corrected chi connectivity index (χ0v) is 16.5. The molecule has 2 heterocycles. The summed E-state index contributed by atoms with van der Waals surface area (Å²) in [5.74, 6) is 0.968. The molecule has 1 aromatic rings. The van der Waals surface area contributed by atoms with Gasteiger partial charge in [-0.15, -0.1) is 0 Å². The van der Waals surface area contributed by atoms with Crippen LogP contribution in [0.2, 0.25) is 0 Å². The van der Waals surface area contributed by atoms with Crippen LogP contribution in [-0.2, 0) is 11.3 Å². The number of pyridine rings is 1. The van der Waals surface area contributed by atoms with Crippen molar-refractivity contribution in [2.24, 2.45) is 0 Å². The molecular formula is C19H33N5O2. The van der Waals surface area contributed by atoms with Crippen LogP contribution in [0.1, 0.15) is 33.3 Å². The van der Waals surface area contributed by atoms with Crippen LogP contribution in [0.4, 0.5) is 10.6 Å². The van der Waals surface area contributed by atoms with Crippen LogP contribution in [0.3, 0.4) is 0 Å². The van der Waals surface area contributed by atoms with Gasteiger partial charge in [-0.3, -0.25) is 4.90 Å². The quantitative estimate of drug-likeness (QED) is 0.738. The monoisotopic (exact) mass is 363 g/mol. The van der Waals surface area contributed by atoms with Gasteiger partial charge < -0.3 is 20.3 Å². The fourth-order valence-electron chi connectivity index (χ4n) is 3.08. The average molecular weight is 364 g/mol. The van der Waals surface area contributed by atoms with E-state index in [0.29, 0.717) is 13.1 Å². The highest BCUT2D eigenvalue weighted by molar-refractivity contribution is 5.73. The molecule has 146 valence electrons. The van der Waals surface area contributed by atoms with E-state index in [9.17, 15) is 4.79 Å². The minimum absolute atomic E-state index is 0.0892. The number of anilines is 1. The maximum Gasteiger partial charge on any atom is 0.315 e. The molecule has 1 aliphatic rings. The van der Waals surface area contributed by atoms with Crippen LogP contribution in [0.5, 0.6) is 0 Å². The highest BCUT2D eigenvalue weighted by atomic mass is 16.5. The molecule has 7 heteroatoms. The minimum atomic E-state index is -0.154. The van der Waals surface area contributed by atoms with E-state index >= 15 is 0 Å². The number of urea groups is 1. The SMILES string of the molecule is CCN(CC)c1ccc(CNC(=O)NCC(C)(C)N2CCOCC2)cn1. The number of hydrogen-bond donors (Lipinski definition) is 2. The number of aromatic nitrogens is 1. The predicted molar refractivity (Wildman–Crippen MR) is 105 cm³/mol. The number of nitrogens with one attached hydrogen (secondary N) is 2. The van der Waals surface area contributed by atoms with Gasteiger partial charge in [0, 0.05) is 51.0 Å². The summed E-state index contributed by atoms with van der Waals surface area (Å²) >= 11 is 0. The summed E-state index contributed by atoms with van der Waals surface area (Å²) < 4.78 is 5.40. The first-order valence-electron chi connectivity index (χ1n) is 9.50. The van der Waals surface area contributed by atoms with Crippen molar-refractivity contribution in [1.82, 2.24) is 20.5 Å². The van der Waals surface area contributed by atoms with Gasteiger partial charge in [-0.25, -0.2) is 9.78 Å². The Morgan fingerprint density at radius 1 is 1.23 bits per heavy atom. The van der Waals surface area contributed by atoms with Crippen LogP contribution in [-0.4, -0.2) is 67.4 Å². The smallest absolute Gasteiger partial charge is 0.315 e. The van der Waals surface area contributed by atoms with E-state index in [2.05, 4.69) is 53.1 Å². The van der Waals surface area contributed by atoms with E-state index in [1.165, 1.54) is 0 Å². The molecule has 1 aliphatic heterocycles. The van der Waals surface area contributed by atoms with Crippen molar-refractivity contribution < 1.29 is 9.53 Å². The Balaban J connectivity index is 1.76. The van der Waals surface area contributed by atoms with E-state index < -0.39 is 0 Å². The Bertz CT molecular complexity index is 552. The van der Waals surface area contributed by atoms with Crippen molar-refractivity contribution in [3.8, 4) is 0 Å². The third-order valence-corrected chi connectivity index (χ3v) is 4.90. The molecule has 26 heavy (non-hydrogen) atoms. The molecule has 2 amide bonds. The van der Waals surface area contributed by atoms with Gasteiger partial charge in [0.1, 0.15) is 5.82 Å². The highest BCUT2D eigenvalue weighted by Gasteiger charge is 2.28. The maximum atomic E-state index is 12.1. The van der Waals surface area contributed by atoms with E-state index in [-0.39, 0.29) is 11.6 Å². The van der Waals surface area contributed by atoms with Gasteiger partial charge in [0.25, 0.3) is 0 Å². The second kappa shape index (κ2) is 9.73. The average Bonchev–Trinajstić information content (AvgIpc) is 2.67. The van der Waals surface area contributed by atoms with Crippen LogP contribution in [0.25, 0.3) is 0 Å². The third-order valence-electron chi connectivity index (χ3n) is 4.90. The van der Waals surface area contributed by atoms with Crippen molar-refractivity contribution in [1.29, 1.82) is 0 Å². The molecule has 2 N–H and O–H groups in total. The number of ether oxygens (including phenoxy) is 1. The van der Waals surface area contributed by atoms with Crippen LogP contribution in [0, 0.1) is 0 Å². The zero-order chi connectivity index (χ0) is 19.0. The summed E-state index contributed by atoms with van der Waals surface area (Å²) in [6.45, 7) is 14.8. The number of hydrogen-bond acceptors (Lipinski definition) is 5. The van der Waals surface area contributed by atoms with E-state index in [1.54, 1.807) is 0 Å². The summed E-state index contributed by atoms with van der Waals surface area (Å²) in [5.41, 5.74) is 0.900. The first kappa shape index (κ1) is 20.5. The van der Waals surface area contributed by atoms with E-state index in [1.807, 2.05) is 18.3 Å². The molecule has 0 unspecified atom stereocenters. The lowest BCUT2D eigenvalue weighted by Gasteiger charge is -2.40. The lowest BCUT2D eigenvalue weighted by Crippen LogP contribution is -2.56. The molecule has 0 spiro atoms. The molecule has 7 nitrogen and oxygen atoms in total. The zero-order valence-electron chi connectivity index (χ0n) is 16.5. The number of rotatable bonds is 8. The summed E-state index contributed by atoms with van der Waals surface area (Å²) in [5, 5.41) is 5.88. The Morgan fingerprint density at radius 2 is 1.92 bits per heavy atom. The van der Waals surface area contributed by atoms with Crippen LogP contribution >= 0.6 is 0 Å². The number of carbonyl (C=O) groups excluding carboxylic acids is 1. The Labute approximate surface area is 157 Å². The van der Waals surface area contributed by atoms with Crippen molar-refractivity contribution in [2.75, 3.05) is 50.8 Å².